The molecular formula is C22H25ClN4O4S. The number of nitrogens with zero attached hydrogens (tertiary/aromatic N) is 3. The molecule has 170 valence electrons. The predicted molar refractivity (Wildman–Crippen MR) is 122 cm³/mol. The third kappa shape index (κ3) is 4.80. The van der Waals surface area contributed by atoms with Crippen LogP contribution in [0.2, 0.25) is 5.02 Å². The van der Waals surface area contributed by atoms with Gasteiger partial charge in [0, 0.05) is 44.5 Å². The molecule has 0 spiro atoms. The molecule has 1 aromatic heterocycles. The van der Waals surface area contributed by atoms with Gasteiger partial charge >= 0.3 is 0 Å². The Labute approximate surface area is 192 Å². The predicted octanol–water partition coefficient (Wildman–Crippen LogP) is 2.50. The number of sulfonamides is 1. The molecule has 1 N–H and O–H groups in total. The van der Waals surface area contributed by atoms with Crippen molar-refractivity contribution in [1.82, 2.24) is 19.2 Å². The lowest BCUT2D eigenvalue weighted by Crippen LogP contribution is -2.40. The highest BCUT2D eigenvalue weighted by Crippen LogP contribution is 2.23. The maximum atomic E-state index is 12.9. The van der Waals surface area contributed by atoms with Crippen LogP contribution in [0.15, 0.2) is 47.4 Å². The molecule has 0 aliphatic carbocycles. The summed E-state index contributed by atoms with van der Waals surface area (Å²) in [5.41, 5.74) is 2.27. The summed E-state index contributed by atoms with van der Waals surface area (Å²) >= 11 is 6.12. The summed E-state index contributed by atoms with van der Waals surface area (Å²) < 4.78 is 34.4. The lowest BCUT2D eigenvalue weighted by molar-refractivity contribution is -0.121. The summed E-state index contributed by atoms with van der Waals surface area (Å²) in [7, 11) is -1.73. The smallest absolute Gasteiger partial charge is 0.243 e. The Morgan fingerprint density at radius 1 is 1.19 bits per heavy atom. The van der Waals surface area contributed by atoms with Crippen LogP contribution in [0.1, 0.15) is 17.8 Å². The van der Waals surface area contributed by atoms with Gasteiger partial charge in [0.05, 0.1) is 29.1 Å². The van der Waals surface area contributed by atoms with Crippen LogP contribution in [-0.2, 0) is 39.6 Å². The van der Waals surface area contributed by atoms with Gasteiger partial charge in [-0.2, -0.15) is 4.31 Å². The molecule has 2 aromatic carbocycles. The molecule has 1 saturated heterocycles. The lowest BCUT2D eigenvalue weighted by Gasteiger charge is -2.26. The molecule has 3 aromatic rings. The number of aryl methyl sites for hydroxylation is 2. The number of amides is 1. The van der Waals surface area contributed by atoms with Crippen molar-refractivity contribution in [1.29, 1.82) is 0 Å². The van der Waals surface area contributed by atoms with Gasteiger partial charge in [0.25, 0.3) is 0 Å². The van der Waals surface area contributed by atoms with Gasteiger partial charge in [0.2, 0.25) is 15.9 Å². The van der Waals surface area contributed by atoms with E-state index in [1.807, 2.05) is 29.8 Å². The van der Waals surface area contributed by atoms with Crippen LogP contribution >= 0.6 is 11.6 Å². The summed E-state index contributed by atoms with van der Waals surface area (Å²) in [5.74, 6) is 0.612. The first-order chi connectivity index (χ1) is 15.4. The SMILES string of the molecule is Cn1c(CCC(=O)NCc2ccccc2Cl)nc2cc(S(=O)(=O)N3CCOCC3)ccc21. The van der Waals surface area contributed by atoms with Crippen molar-refractivity contribution < 1.29 is 17.9 Å². The number of hydrogen-bond acceptors (Lipinski definition) is 5. The average Bonchev–Trinajstić information content (AvgIpc) is 3.12. The number of aromatic nitrogens is 2. The van der Waals surface area contributed by atoms with Gasteiger partial charge in [0.1, 0.15) is 5.82 Å². The Bertz CT molecular complexity index is 1240. The summed E-state index contributed by atoms with van der Waals surface area (Å²) in [6.07, 6.45) is 0.700. The van der Waals surface area contributed by atoms with Crippen LogP contribution < -0.4 is 5.32 Å². The van der Waals surface area contributed by atoms with Gasteiger partial charge in [-0.05, 0) is 29.8 Å². The highest BCUT2D eigenvalue weighted by molar-refractivity contribution is 7.89. The maximum absolute atomic E-state index is 12.9. The minimum Gasteiger partial charge on any atom is -0.379 e. The molecule has 8 nitrogen and oxygen atoms in total. The maximum Gasteiger partial charge on any atom is 0.243 e. The minimum absolute atomic E-state index is 0.104. The quantitative estimate of drug-likeness (QED) is 0.565. The van der Waals surface area contributed by atoms with E-state index in [0.29, 0.717) is 55.6 Å². The van der Waals surface area contributed by atoms with E-state index < -0.39 is 10.0 Å². The number of halogens is 1. The van der Waals surface area contributed by atoms with Crippen LogP contribution in [0.25, 0.3) is 11.0 Å². The van der Waals surface area contributed by atoms with Crippen LogP contribution in [0.3, 0.4) is 0 Å². The van der Waals surface area contributed by atoms with Gasteiger partial charge in [0.15, 0.2) is 0 Å². The van der Waals surface area contributed by atoms with E-state index in [2.05, 4.69) is 10.3 Å². The van der Waals surface area contributed by atoms with Gasteiger partial charge in [-0.15, -0.1) is 0 Å². The van der Waals surface area contributed by atoms with Crippen LogP contribution in [0.4, 0.5) is 0 Å². The second kappa shape index (κ2) is 9.58. The molecule has 0 saturated carbocycles. The number of hydrogen-bond donors (Lipinski definition) is 1. The number of ether oxygens (including phenoxy) is 1. The fourth-order valence-corrected chi connectivity index (χ4v) is 5.33. The first-order valence-electron chi connectivity index (χ1n) is 10.4. The molecule has 4 rings (SSSR count). The van der Waals surface area contributed by atoms with Gasteiger partial charge in [-0.25, -0.2) is 13.4 Å². The van der Waals surface area contributed by atoms with Crippen molar-refractivity contribution >= 4 is 38.6 Å². The van der Waals surface area contributed by atoms with E-state index in [1.54, 1.807) is 24.3 Å². The summed E-state index contributed by atoms with van der Waals surface area (Å²) in [4.78, 5) is 17.1. The summed E-state index contributed by atoms with van der Waals surface area (Å²) in [6.45, 7) is 1.85. The van der Waals surface area contributed by atoms with Crippen LogP contribution in [0.5, 0.6) is 0 Å². The third-order valence-corrected chi connectivity index (χ3v) is 7.83. The molecule has 0 bridgehead atoms. The highest BCUT2D eigenvalue weighted by Gasteiger charge is 2.27. The Kier molecular flexibility index (Phi) is 6.80. The molecule has 1 amide bonds. The molecule has 0 unspecified atom stereocenters. The van der Waals surface area contributed by atoms with Gasteiger partial charge < -0.3 is 14.6 Å². The largest absolute Gasteiger partial charge is 0.379 e. The number of carbonyl (C=O) groups excluding carboxylic acids is 1. The Hall–Kier alpha value is -2.46. The number of carbonyl (C=O) groups is 1. The van der Waals surface area contributed by atoms with E-state index in [-0.39, 0.29) is 17.2 Å². The standard InChI is InChI=1S/C22H25ClN4O4S/c1-26-20-7-6-17(32(29,30)27-10-12-31-13-11-27)14-19(20)25-21(26)8-9-22(28)24-15-16-4-2-3-5-18(16)23/h2-7,14H,8-13,15H2,1H3,(H,24,28). The lowest BCUT2D eigenvalue weighted by atomic mass is 10.2. The van der Waals surface area contributed by atoms with E-state index in [0.717, 1.165) is 11.1 Å². The number of nitrogens with one attached hydrogen (secondary N) is 1. The van der Waals surface area contributed by atoms with E-state index in [9.17, 15) is 13.2 Å². The van der Waals surface area contributed by atoms with Crippen molar-refractivity contribution in [3.05, 3.63) is 58.9 Å². The third-order valence-electron chi connectivity index (χ3n) is 5.56. The molecule has 0 atom stereocenters. The molecule has 10 heteroatoms. The van der Waals surface area contributed by atoms with Crippen molar-refractivity contribution in [2.24, 2.45) is 7.05 Å². The second-order valence-electron chi connectivity index (χ2n) is 7.62. The van der Waals surface area contributed by atoms with Crippen molar-refractivity contribution in [3.8, 4) is 0 Å². The summed E-state index contributed by atoms with van der Waals surface area (Å²) in [5, 5.41) is 3.49. The minimum atomic E-state index is -3.59. The van der Waals surface area contributed by atoms with E-state index in [1.165, 1.54) is 4.31 Å². The number of benzene rings is 2. The molecule has 1 aliphatic rings. The normalized spacial score (nSPS) is 15.2. The van der Waals surface area contributed by atoms with Crippen molar-refractivity contribution in [2.75, 3.05) is 26.3 Å². The Morgan fingerprint density at radius 2 is 1.94 bits per heavy atom. The zero-order valence-corrected chi connectivity index (χ0v) is 19.3. The summed E-state index contributed by atoms with van der Waals surface area (Å²) in [6, 6.07) is 12.3. The number of morpholine rings is 1. The van der Waals surface area contributed by atoms with Gasteiger partial charge in [-0.1, -0.05) is 29.8 Å². The number of imidazole rings is 1. The van der Waals surface area contributed by atoms with E-state index >= 15 is 0 Å². The molecule has 1 aliphatic heterocycles. The number of rotatable bonds is 7. The average molecular weight is 477 g/mol. The first kappa shape index (κ1) is 22.7. The Morgan fingerprint density at radius 3 is 2.69 bits per heavy atom. The zero-order valence-electron chi connectivity index (χ0n) is 17.8. The fraction of sp³-hybridized carbons (Fsp3) is 0.364. The molecule has 2 heterocycles. The monoisotopic (exact) mass is 476 g/mol. The molecule has 32 heavy (non-hydrogen) atoms. The highest BCUT2D eigenvalue weighted by atomic mass is 35.5. The fourth-order valence-electron chi connectivity index (χ4n) is 3.70. The molecule has 1 fully saturated rings. The second-order valence-corrected chi connectivity index (χ2v) is 9.97. The number of fused-ring (bicyclic) bond motifs is 1. The van der Waals surface area contributed by atoms with Gasteiger partial charge in [-0.3, -0.25) is 4.79 Å². The van der Waals surface area contributed by atoms with Crippen molar-refractivity contribution in [2.45, 2.75) is 24.3 Å². The van der Waals surface area contributed by atoms with Crippen LogP contribution in [-0.4, -0.2) is 54.5 Å². The first-order valence-corrected chi connectivity index (χ1v) is 12.2. The van der Waals surface area contributed by atoms with Crippen LogP contribution in [0, 0.1) is 0 Å². The topological polar surface area (TPSA) is 93.5 Å². The van der Waals surface area contributed by atoms with E-state index in [4.69, 9.17) is 16.3 Å². The Balaban J connectivity index is 1.44. The zero-order chi connectivity index (χ0) is 22.7. The molecule has 0 radical (unpaired) electrons. The van der Waals surface area contributed by atoms with Crippen molar-refractivity contribution in [3.63, 3.8) is 0 Å². The molecular weight excluding hydrogens is 452 g/mol.